The molecule has 0 amide bonds. The summed E-state index contributed by atoms with van der Waals surface area (Å²) >= 11 is 0. The third-order valence-electron chi connectivity index (χ3n) is 4.30. The number of benzene rings is 1. The number of ether oxygens (including phenoxy) is 1. The molecule has 1 aliphatic rings. The van der Waals surface area contributed by atoms with Crippen molar-refractivity contribution in [2.45, 2.75) is 32.6 Å². The summed E-state index contributed by atoms with van der Waals surface area (Å²) in [5.41, 5.74) is 2.51. The zero-order chi connectivity index (χ0) is 18.7. The number of nitrogens with one attached hydrogen (secondary N) is 1. The third kappa shape index (κ3) is 4.80. The van der Waals surface area contributed by atoms with Gasteiger partial charge in [-0.1, -0.05) is 0 Å². The second kappa shape index (κ2) is 7.73. The van der Waals surface area contributed by atoms with E-state index in [2.05, 4.69) is 14.7 Å². The molecule has 1 aromatic heterocycles. The first-order valence-electron chi connectivity index (χ1n) is 8.39. The van der Waals surface area contributed by atoms with Crippen LogP contribution in [0.2, 0.25) is 0 Å². The predicted octanol–water partition coefficient (Wildman–Crippen LogP) is 1.49. The second-order valence-electron chi connectivity index (χ2n) is 6.46. The molecule has 0 atom stereocenters. The molecule has 1 aromatic carbocycles. The van der Waals surface area contributed by atoms with Gasteiger partial charge in [-0.25, -0.2) is 17.5 Å². The fraction of sp³-hybridized carbons (Fsp3) is 0.471. The van der Waals surface area contributed by atoms with Gasteiger partial charge in [-0.2, -0.15) is 5.10 Å². The van der Waals surface area contributed by atoms with Gasteiger partial charge in [-0.05, 0) is 30.7 Å². The summed E-state index contributed by atoms with van der Waals surface area (Å²) < 4.78 is 45.8. The van der Waals surface area contributed by atoms with Crippen molar-refractivity contribution >= 4 is 10.0 Å². The topological polar surface area (TPSA) is 76.5 Å². The quantitative estimate of drug-likeness (QED) is 0.819. The van der Waals surface area contributed by atoms with E-state index < -0.39 is 10.0 Å². The molecule has 0 fully saturated rings. The van der Waals surface area contributed by atoms with E-state index >= 15 is 0 Å². The molecule has 9 heteroatoms. The number of sulfonamides is 1. The second-order valence-corrected chi connectivity index (χ2v) is 8.30. The van der Waals surface area contributed by atoms with E-state index in [0.29, 0.717) is 24.5 Å². The molecule has 0 bridgehead atoms. The first-order chi connectivity index (χ1) is 12.3. The van der Waals surface area contributed by atoms with Gasteiger partial charge in [0.2, 0.25) is 10.0 Å². The summed E-state index contributed by atoms with van der Waals surface area (Å²) in [4.78, 5) is 2.21. The Kier molecular flexibility index (Phi) is 5.59. The number of hydrogen-bond acceptors (Lipinski definition) is 5. The number of halogens is 1. The standard InChI is InChI=1S/C17H23FN4O3S/c1-25-17-5-4-14(18)8-13(17)11-21-6-3-7-22-16(12-21)9-15(20-22)10-19-26(2,23)24/h4-5,8-9,19H,3,6-7,10-12H2,1-2H3. The van der Waals surface area contributed by atoms with Gasteiger partial charge in [0.05, 0.1) is 31.3 Å². The van der Waals surface area contributed by atoms with E-state index in [1.54, 1.807) is 13.2 Å². The van der Waals surface area contributed by atoms with Gasteiger partial charge in [-0.3, -0.25) is 9.58 Å². The molecule has 0 unspecified atom stereocenters. The van der Waals surface area contributed by atoms with Crippen LogP contribution in [0.25, 0.3) is 0 Å². The molecule has 0 saturated heterocycles. The van der Waals surface area contributed by atoms with Crippen LogP contribution in [0.3, 0.4) is 0 Å². The van der Waals surface area contributed by atoms with Crippen LogP contribution >= 0.6 is 0 Å². The number of nitrogens with zero attached hydrogens (tertiary/aromatic N) is 3. The van der Waals surface area contributed by atoms with Crippen LogP contribution in [-0.2, 0) is 36.2 Å². The van der Waals surface area contributed by atoms with Crippen molar-refractivity contribution in [2.75, 3.05) is 19.9 Å². The highest BCUT2D eigenvalue weighted by atomic mass is 32.2. The van der Waals surface area contributed by atoms with Crippen molar-refractivity contribution in [3.8, 4) is 5.75 Å². The smallest absolute Gasteiger partial charge is 0.209 e. The van der Waals surface area contributed by atoms with Crippen LogP contribution < -0.4 is 9.46 Å². The van der Waals surface area contributed by atoms with Gasteiger partial charge < -0.3 is 4.74 Å². The highest BCUT2D eigenvalue weighted by molar-refractivity contribution is 7.88. The number of aromatic nitrogens is 2. The minimum Gasteiger partial charge on any atom is -0.496 e. The Labute approximate surface area is 152 Å². The molecule has 0 aliphatic carbocycles. The molecular weight excluding hydrogens is 359 g/mol. The molecule has 7 nitrogen and oxygen atoms in total. The zero-order valence-corrected chi connectivity index (χ0v) is 15.7. The van der Waals surface area contributed by atoms with Crippen molar-refractivity contribution in [1.29, 1.82) is 0 Å². The minimum atomic E-state index is -3.25. The van der Waals surface area contributed by atoms with E-state index in [0.717, 1.165) is 37.0 Å². The Hall–Kier alpha value is -1.97. The first kappa shape index (κ1) is 18.8. The van der Waals surface area contributed by atoms with Crippen LogP contribution in [0.4, 0.5) is 4.39 Å². The fourth-order valence-electron chi connectivity index (χ4n) is 3.13. The maximum Gasteiger partial charge on any atom is 0.209 e. The molecule has 0 radical (unpaired) electrons. The van der Waals surface area contributed by atoms with E-state index in [9.17, 15) is 12.8 Å². The summed E-state index contributed by atoms with van der Waals surface area (Å²) in [7, 11) is -1.67. The number of aryl methyl sites for hydroxylation is 1. The molecule has 142 valence electrons. The SMILES string of the molecule is COc1ccc(F)cc1CN1CCCn2nc(CNS(C)(=O)=O)cc2C1. The van der Waals surface area contributed by atoms with E-state index in [1.165, 1.54) is 12.1 Å². The maximum absolute atomic E-state index is 13.6. The van der Waals surface area contributed by atoms with Gasteiger partial charge in [-0.15, -0.1) is 0 Å². The number of rotatable bonds is 6. The summed E-state index contributed by atoms with van der Waals surface area (Å²) in [6, 6.07) is 6.45. The molecular formula is C17H23FN4O3S. The normalized spacial score (nSPS) is 15.5. The first-order valence-corrected chi connectivity index (χ1v) is 10.3. The molecule has 0 spiro atoms. The van der Waals surface area contributed by atoms with Crippen molar-refractivity contribution in [3.63, 3.8) is 0 Å². The van der Waals surface area contributed by atoms with Gasteiger partial charge in [0.15, 0.2) is 0 Å². The average molecular weight is 382 g/mol. The molecule has 26 heavy (non-hydrogen) atoms. The van der Waals surface area contributed by atoms with Gasteiger partial charge >= 0.3 is 0 Å². The van der Waals surface area contributed by atoms with Crippen LogP contribution in [0.1, 0.15) is 23.4 Å². The summed E-state index contributed by atoms with van der Waals surface area (Å²) in [6.07, 6.45) is 2.04. The van der Waals surface area contributed by atoms with E-state index in [4.69, 9.17) is 4.74 Å². The van der Waals surface area contributed by atoms with Gasteiger partial charge in [0, 0.05) is 31.7 Å². The lowest BCUT2D eigenvalue weighted by molar-refractivity contribution is 0.256. The van der Waals surface area contributed by atoms with Crippen LogP contribution in [-0.4, -0.2) is 43.0 Å². The summed E-state index contributed by atoms with van der Waals surface area (Å²) in [5.74, 6) is 0.386. The van der Waals surface area contributed by atoms with Crippen LogP contribution in [0.5, 0.6) is 5.75 Å². The van der Waals surface area contributed by atoms with Crippen molar-refractivity contribution in [3.05, 3.63) is 47.0 Å². The maximum atomic E-state index is 13.6. The number of hydrogen-bond donors (Lipinski definition) is 1. The minimum absolute atomic E-state index is 0.177. The molecule has 0 saturated carbocycles. The molecule has 2 aromatic rings. The Morgan fingerprint density at radius 1 is 1.31 bits per heavy atom. The van der Waals surface area contributed by atoms with Crippen LogP contribution in [0, 0.1) is 5.82 Å². The lowest BCUT2D eigenvalue weighted by atomic mass is 10.1. The molecule has 3 rings (SSSR count). The van der Waals surface area contributed by atoms with Gasteiger partial charge in [0.1, 0.15) is 11.6 Å². The predicted molar refractivity (Wildman–Crippen MR) is 95.6 cm³/mol. The zero-order valence-electron chi connectivity index (χ0n) is 14.9. The van der Waals surface area contributed by atoms with E-state index in [-0.39, 0.29) is 12.4 Å². The highest BCUT2D eigenvalue weighted by Crippen LogP contribution is 2.23. The van der Waals surface area contributed by atoms with Crippen molar-refractivity contribution < 1.29 is 17.5 Å². The van der Waals surface area contributed by atoms with Crippen molar-refractivity contribution in [2.24, 2.45) is 0 Å². The molecule has 1 aliphatic heterocycles. The lowest BCUT2D eigenvalue weighted by Gasteiger charge is -2.21. The van der Waals surface area contributed by atoms with Crippen LogP contribution in [0.15, 0.2) is 24.3 Å². The van der Waals surface area contributed by atoms with Crippen molar-refractivity contribution in [1.82, 2.24) is 19.4 Å². The van der Waals surface area contributed by atoms with Gasteiger partial charge in [0.25, 0.3) is 0 Å². The highest BCUT2D eigenvalue weighted by Gasteiger charge is 2.18. The average Bonchev–Trinajstić information content (AvgIpc) is 2.85. The third-order valence-corrected chi connectivity index (χ3v) is 4.96. The Balaban J connectivity index is 1.73. The number of fused-ring (bicyclic) bond motifs is 1. The lowest BCUT2D eigenvalue weighted by Crippen LogP contribution is -2.23. The van der Waals surface area contributed by atoms with E-state index in [1.807, 2.05) is 10.7 Å². The molecule has 1 N–H and O–H groups in total. The molecule has 2 heterocycles. The summed E-state index contributed by atoms with van der Waals surface area (Å²) in [5, 5.41) is 4.48. The monoisotopic (exact) mass is 382 g/mol. The Morgan fingerprint density at radius 2 is 2.12 bits per heavy atom. The largest absolute Gasteiger partial charge is 0.496 e. The fourth-order valence-corrected chi connectivity index (χ4v) is 3.54. The Morgan fingerprint density at radius 3 is 2.85 bits per heavy atom. The summed E-state index contributed by atoms with van der Waals surface area (Å²) in [6.45, 7) is 3.04. The Bertz CT molecular complexity index is 882. The number of methoxy groups -OCH3 is 1.